The third kappa shape index (κ3) is 4.32. The maximum absolute atomic E-state index is 13.3. The first-order chi connectivity index (χ1) is 12.7. The number of carbonyl (C=O) groups is 1. The number of nitrogens with zero attached hydrogens (tertiary/aromatic N) is 2. The summed E-state index contributed by atoms with van der Waals surface area (Å²) in [5.41, 5.74) is 1.59. The molecule has 0 spiro atoms. The van der Waals surface area contributed by atoms with Gasteiger partial charge in [0.25, 0.3) is 5.91 Å². The fraction of sp³-hybridized carbons (Fsp3) is 0.105. The van der Waals surface area contributed by atoms with Gasteiger partial charge in [0.1, 0.15) is 29.4 Å². The van der Waals surface area contributed by atoms with E-state index in [1.165, 1.54) is 24.5 Å². The van der Waals surface area contributed by atoms with Crippen LogP contribution in [0.1, 0.15) is 16.1 Å². The molecule has 0 aliphatic rings. The van der Waals surface area contributed by atoms with Gasteiger partial charge in [0.05, 0.1) is 7.11 Å². The zero-order chi connectivity index (χ0) is 18.4. The lowest BCUT2D eigenvalue weighted by atomic mass is 10.2. The van der Waals surface area contributed by atoms with Crippen molar-refractivity contribution in [3.05, 3.63) is 78.0 Å². The molecule has 0 saturated heterocycles. The number of methoxy groups -OCH3 is 1. The van der Waals surface area contributed by atoms with Crippen molar-refractivity contribution in [2.45, 2.75) is 6.54 Å². The van der Waals surface area contributed by atoms with Crippen LogP contribution in [-0.4, -0.2) is 23.0 Å². The molecule has 0 bridgehead atoms. The first-order valence-electron chi connectivity index (χ1n) is 7.90. The van der Waals surface area contributed by atoms with E-state index in [0.717, 1.165) is 5.56 Å². The normalized spacial score (nSPS) is 10.2. The molecule has 0 saturated carbocycles. The third-order valence-electron chi connectivity index (χ3n) is 3.63. The zero-order valence-electron chi connectivity index (χ0n) is 14.1. The predicted octanol–water partition coefficient (Wildman–Crippen LogP) is 3.30. The largest absolute Gasteiger partial charge is 0.496 e. The molecule has 2 aromatic carbocycles. The quantitative estimate of drug-likeness (QED) is 0.712. The Morgan fingerprint density at radius 3 is 2.77 bits per heavy atom. The van der Waals surface area contributed by atoms with Gasteiger partial charge < -0.3 is 15.4 Å². The number of para-hydroxylation sites is 1. The summed E-state index contributed by atoms with van der Waals surface area (Å²) < 4.78 is 18.5. The molecule has 6 nitrogen and oxygen atoms in total. The fourth-order valence-corrected chi connectivity index (χ4v) is 2.38. The molecule has 2 N–H and O–H groups in total. The van der Waals surface area contributed by atoms with Crippen molar-refractivity contribution >= 4 is 17.4 Å². The Hall–Kier alpha value is -3.48. The van der Waals surface area contributed by atoms with Crippen molar-refractivity contribution < 1.29 is 13.9 Å². The highest BCUT2D eigenvalue weighted by molar-refractivity contribution is 5.92. The van der Waals surface area contributed by atoms with Gasteiger partial charge >= 0.3 is 0 Å². The van der Waals surface area contributed by atoms with Crippen LogP contribution >= 0.6 is 0 Å². The molecule has 1 aromatic heterocycles. The van der Waals surface area contributed by atoms with Crippen LogP contribution in [0.25, 0.3) is 0 Å². The molecule has 0 aliphatic heterocycles. The Bertz CT molecular complexity index is 917. The summed E-state index contributed by atoms with van der Waals surface area (Å²) >= 11 is 0. The van der Waals surface area contributed by atoms with Gasteiger partial charge in [-0.3, -0.25) is 4.79 Å². The molecule has 26 heavy (non-hydrogen) atoms. The maximum Gasteiger partial charge on any atom is 0.270 e. The fourth-order valence-electron chi connectivity index (χ4n) is 2.38. The number of benzene rings is 2. The predicted molar refractivity (Wildman–Crippen MR) is 95.9 cm³/mol. The summed E-state index contributed by atoms with van der Waals surface area (Å²) in [7, 11) is 1.58. The standard InChI is InChI=1S/C19H17FN4O2/c1-26-17-8-3-2-5-13(17)11-21-19(25)16-10-18(23-12-22-16)24-15-7-4-6-14(20)9-15/h2-10,12H,11H2,1H3,(H,21,25)(H,22,23,24). The molecular weight excluding hydrogens is 335 g/mol. The molecular formula is C19H17FN4O2. The molecule has 1 amide bonds. The second-order valence-electron chi connectivity index (χ2n) is 5.42. The first kappa shape index (κ1) is 17.3. The number of aromatic nitrogens is 2. The van der Waals surface area contributed by atoms with Crippen LogP contribution in [0.3, 0.4) is 0 Å². The summed E-state index contributed by atoms with van der Waals surface area (Å²) in [6.07, 6.45) is 1.28. The van der Waals surface area contributed by atoms with E-state index in [9.17, 15) is 9.18 Å². The van der Waals surface area contributed by atoms with Crippen LogP contribution in [0.2, 0.25) is 0 Å². The summed E-state index contributed by atoms with van der Waals surface area (Å²) in [6, 6.07) is 14.9. The maximum atomic E-state index is 13.3. The number of carbonyl (C=O) groups excluding carboxylic acids is 1. The minimum absolute atomic E-state index is 0.203. The SMILES string of the molecule is COc1ccccc1CNC(=O)c1cc(Nc2cccc(F)c2)ncn1. The monoisotopic (exact) mass is 352 g/mol. The second-order valence-corrected chi connectivity index (χ2v) is 5.42. The Morgan fingerprint density at radius 1 is 1.12 bits per heavy atom. The number of ether oxygens (including phenoxy) is 1. The molecule has 3 aromatic rings. The van der Waals surface area contributed by atoms with E-state index in [1.807, 2.05) is 24.3 Å². The van der Waals surface area contributed by atoms with E-state index >= 15 is 0 Å². The Balaban J connectivity index is 1.68. The summed E-state index contributed by atoms with van der Waals surface area (Å²) in [4.78, 5) is 20.4. The number of nitrogens with one attached hydrogen (secondary N) is 2. The van der Waals surface area contributed by atoms with Crippen LogP contribution in [0.4, 0.5) is 15.9 Å². The van der Waals surface area contributed by atoms with Gasteiger partial charge in [-0.25, -0.2) is 14.4 Å². The number of amides is 1. The summed E-state index contributed by atoms with van der Waals surface area (Å²) in [5.74, 6) is 0.386. The second kappa shape index (κ2) is 8.06. The van der Waals surface area contributed by atoms with Crippen LogP contribution in [0.5, 0.6) is 5.75 Å². The van der Waals surface area contributed by atoms with Crippen LogP contribution in [-0.2, 0) is 6.54 Å². The van der Waals surface area contributed by atoms with E-state index in [0.29, 0.717) is 23.8 Å². The molecule has 0 aliphatic carbocycles. The van der Waals surface area contributed by atoms with Crippen LogP contribution in [0, 0.1) is 5.82 Å². The van der Waals surface area contributed by atoms with Gasteiger partial charge in [0.2, 0.25) is 0 Å². The average Bonchev–Trinajstić information content (AvgIpc) is 2.66. The summed E-state index contributed by atoms with van der Waals surface area (Å²) in [5, 5.41) is 5.73. The van der Waals surface area contributed by atoms with Crippen molar-refractivity contribution in [1.29, 1.82) is 0 Å². The van der Waals surface area contributed by atoms with Gasteiger partial charge in [-0.2, -0.15) is 0 Å². The molecule has 1 heterocycles. The topological polar surface area (TPSA) is 76.1 Å². The number of hydrogen-bond donors (Lipinski definition) is 2. The molecule has 7 heteroatoms. The van der Waals surface area contributed by atoms with Crippen molar-refractivity contribution in [2.24, 2.45) is 0 Å². The molecule has 0 fully saturated rings. The van der Waals surface area contributed by atoms with E-state index in [1.54, 1.807) is 19.2 Å². The molecule has 3 rings (SSSR count). The highest BCUT2D eigenvalue weighted by Crippen LogP contribution is 2.18. The van der Waals surface area contributed by atoms with E-state index < -0.39 is 0 Å². The zero-order valence-corrected chi connectivity index (χ0v) is 14.1. The lowest BCUT2D eigenvalue weighted by Crippen LogP contribution is -2.24. The highest BCUT2D eigenvalue weighted by Gasteiger charge is 2.10. The van der Waals surface area contributed by atoms with E-state index in [2.05, 4.69) is 20.6 Å². The molecule has 0 atom stereocenters. The van der Waals surface area contributed by atoms with Crippen molar-refractivity contribution in [2.75, 3.05) is 12.4 Å². The van der Waals surface area contributed by atoms with Crippen molar-refractivity contribution in [3.8, 4) is 5.75 Å². The minimum atomic E-state index is -0.362. The lowest BCUT2D eigenvalue weighted by molar-refractivity contribution is 0.0945. The third-order valence-corrected chi connectivity index (χ3v) is 3.63. The number of anilines is 2. The highest BCUT2D eigenvalue weighted by atomic mass is 19.1. The van der Waals surface area contributed by atoms with Gasteiger partial charge in [0.15, 0.2) is 0 Å². The number of rotatable bonds is 6. The van der Waals surface area contributed by atoms with Gasteiger partial charge in [-0.05, 0) is 24.3 Å². The lowest BCUT2D eigenvalue weighted by Gasteiger charge is -2.10. The Kier molecular flexibility index (Phi) is 5.38. The number of halogens is 1. The molecule has 132 valence electrons. The van der Waals surface area contributed by atoms with Crippen LogP contribution in [0.15, 0.2) is 60.9 Å². The van der Waals surface area contributed by atoms with E-state index in [4.69, 9.17) is 4.74 Å². The van der Waals surface area contributed by atoms with Crippen LogP contribution < -0.4 is 15.4 Å². The van der Waals surface area contributed by atoms with Gasteiger partial charge in [0, 0.05) is 23.9 Å². The van der Waals surface area contributed by atoms with Gasteiger partial charge in [-0.1, -0.05) is 24.3 Å². The molecule has 0 unspecified atom stereocenters. The van der Waals surface area contributed by atoms with Crippen molar-refractivity contribution in [3.63, 3.8) is 0 Å². The minimum Gasteiger partial charge on any atom is -0.496 e. The average molecular weight is 352 g/mol. The first-order valence-corrected chi connectivity index (χ1v) is 7.90. The van der Waals surface area contributed by atoms with E-state index in [-0.39, 0.29) is 17.4 Å². The molecule has 0 radical (unpaired) electrons. The van der Waals surface area contributed by atoms with Gasteiger partial charge in [-0.15, -0.1) is 0 Å². The Morgan fingerprint density at radius 2 is 1.96 bits per heavy atom. The smallest absolute Gasteiger partial charge is 0.270 e. The van der Waals surface area contributed by atoms with Crippen molar-refractivity contribution in [1.82, 2.24) is 15.3 Å². The summed E-state index contributed by atoms with van der Waals surface area (Å²) in [6.45, 7) is 0.305. The Labute approximate surface area is 150 Å². The number of hydrogen-bond acceptors (Lipinski definition) is 5.